The van der Waals surface area contributed by atoms with Crippen molar-refractivity contribution in [3.63, 3.8) is 0 Å². The lowest BCUT2D eigenvalue weighted by Gasteiger charge is -2.23. The van der Waals surface area contributed by atoms with Crippen LogP contribution in [0.25, 0.3) is 0 Å². The maximum atomic E-state index is 5.68. The van der Waals surface area contributed by atoms with E-state index < -0.39 is 0 Å². The highest BCUT2D eigenvalue weighted by Gasteiger charge is 2.27. The number of rotatable bonds is 5. The number of hydrogen-bond acceptors (Lipinski definition) is 4. The summed E-state index contributed by atoms with van der Waals surface area (Å²) < 4.78 is 15.0. The van der Waals surface area contributed by atoms with E-state index in [9.17, 15) is 0 Å². The van der Waals surface area contributed by atoms with Gasteiger partial charge in [0.15, 0.2) is 6.17 Å². The van der Waals surface area contributed by atoms with Crippen LogP contribution in [0.1, 0.15) is 64.7 Å². The first-order chi connectivity index (χ1) is 13.5. The van der Waals surface area contributed by atoms with E-state index >= 15 is 0 Å². The molecule has 6 nitrogen and oxygen atoms in total. The molecule has 0 saturated heterocycles. The number of hydrogen-bond donors (Lipinski definition) is 0. The predicted octanol–water partition coefficient (Wildman–Crippen LogP) is 4.79. The molecule has 1 aromatic carbocycles. The highest BCUT2D eigenvalue weighted by atomic mass is 16.5. The Morgan fingerprint density at radius 1 is 0.759 bits per heavy atom. The third kappa shape index (κ3) is 4.31. The molecule has 2 aromatic heterocycles. The van der Waals surface area contributed by atoms with Crippen LogP contribution in [0.4, 0.5) is 0 Å². The highest BCUT2D eigenvalue weighted by molar-refractivity contribution is 5.42. The van der Waals surface area contributed by atoms with Gasteiger partial charge in [-0.25, -0.2) is 9.36 Å². The number of ether oxygens (including phenoxy) is 2. The zero-order chi connectivity index (χ0) is 21.4. The van der Waals surface area contributed by atoms with Crippen molar-refractivity contribution in [1.82, 2.24) is 19.6 Å². The van der Waals surface area contributed by atoms with E-state index in [0.717, 1.165) is 28.5 Å². The average Bonchev–Trinajstić information content (AvgIpc) is 3.31. The van der Waals surface area contributed by atoms with E-state index in [-0.39, 0.29) is 17.0 Å². The van der Waals surface area contributed by atoms with Gasteiger partial charge < -0.3 is 9.47 Å². The molecule has 0 fully saturated rings. The third-order valence-corrected chi connectivity index (χ3v) is 4.97. The number of benzene rings is 1. The first kappa shape index (κ1) is 21.0. The Kier molecular flexibility index (Phi) is 5.48. The molecule has 0 spiro atoms. The molecule has 0 saturated carbocycles. The quantitative estimate of drug-likeness (QED) is 0.622. The summed E-state index contributed by atoms with van der Waals surface area (Å²) in [5, 5.41) is 9.79. The fourth-order valence-corrected chi connectivity index (χ4v) is 3.20. The summed E-state index contributed by atoms with van der Waals surface area (Å²) in [5.74, 6) is 1.52. The van der Waals surface area contributed by atoms with Crippen molar-refractivity contribution in [2.24, 2.45) is 0 Å². The molecular weight excluding hydrogens is 364 g/mol. The van der Waals surface area contributed by atoms with E-state index in [1.165, 1.54) is 0 Å². The highest BCUT2D eigenvalue weighted by Crippen LogP contribution is 2.34. The van der Waals surface area contributed by atoms with Gasteiger partial charge in [0.25, 0.3) is 0 Å². The van der Waals surface area contributed by atoms with Crippen molar-refractivity contribution < 1.29 is 9.47 Å². The molecule has 2 heterocycles. The van der Waals surface area contributed by atoms with E-state index in [2.05, 4.69) is 53.7 Å². The van der Waals surface area contributed by atoms with Gasteiger partial charge in [0.1, 0.15) is 11.5 Å². The van der Waals surface area contributed by atoms with Crippen molar-refractivity contribution in [2.75, 3.05) is 14.2 Å². The van der Waals surface area contributed by atoms with Gasteiger partial charge in [0.2, 0.25) is 0 Å². The Morgan fingerprint density at radius 2 is 1.28 bits per heavy atom. The van der Waals surface area contributed by atoms with Crippen LogP contribution in [-0.2, 0) is 10.8 Å². The van der Waals surface area contributed by atoms with Crippen molar-refractivity contribution in [2.45, 2.75) is 58.5 Å². The monoisotopic (exact) mass is 396 g/mol. The summed E-state index contributed by atoms with van der Waals surface area (Å²) in [7, 11) is 3.34. The Balaban J connectivity index is 2.20. The summed E-state index contributed by atoms with van der Waals surface area (Å²) in [6.07, 6.45) is 3.71. The predicted molar refractivity (Wildman–Crippen MR) is 115 cm³/mol. The lowest BCUT2D eigenvalue weighted by atomic mass is 9.93. The Labute approximate surface area is 173 Å². The molecule has 3 aromatic rings. The zero-order valence-electron chi connectivity index (χ0n) is 18.7. The maximum Gasteiger partial charge on any atom is 0.172 e. The number of aromatic nitrogens is 4. The van der Waals surface area contributed by atoms with Crippen molar-refractivity contribution in [3.8, 4) is 11.5 Å². The minimum Gasteiger partial charge on any atom is -0.497 e. The molecule has 0 aliphatic heterocycles. The van der Waals surface area contributed by atoms with Gasteiger partial charge in [-0.15, -0.1) is 0 Å². The Morgan fingerprint density at radius 3 is 1.66 bits per heavy atom. The van der Waals surface area contributed by atoms with Crippen LogP contribution in [0.5, 0.6) is 11.5 Å². The molecule has 156 valence electrons. The van der Waals surface area contributed by atoms with Crippen LogP contribution in [0, 0.1) is 0 Å². The van der Waals surface area contributed by atoms with Crippen LogP contribution in [0.3, 0.4) is 0 Å². The second kappa shape index (κ2) is 7.58. The SMILES string of the molecule is COc1ccc(OC)c(C(n2ccc(C(C)(C)C)n2)n2ccc(C(C)(C)C)n2)c1. The van der Waals surface area contributed by atoms with Crippen molar-refractivity contribution in [3.05, 3.63) is 59.7 Å². The smallest absolute Gasteiger partial charge is 0.172 e. The molecule has 0 bridgehead atoms. The van der Waals surface area contributed by atoms with Gasteiger partial charge in [-0.3, -0.25) is 0 Å². The second-order valence-electron chi connectivity index (χ2n) is 9.34. The molecule has 3 rings (SSSR count). The molecule has 0 unspecified atom stereocenters. The van der Waals surface area contributed by atoms with Crippen molar-refractivity contribution >= 4 is 0 Å². The second-order valence-corrected chi connectivity index (χ2v) is 9.34. The van der Waals surface area contributed by atoms with Gasteiger partial charge in [0, 0.05) is 28.8 Å². The van der Waals surface area contributed by atoms with Crippen LogP contribution >= 0.6 is 0 Å². The summed E-state index contributed by atoms with van der Waals surface area (Å²) >= 11 is 0. The minimum absolute atomic E-state index is 0.0467. The van der Waals surface area contributed by atoms with Gasteiger partial charge in [-0.05, 0) is 30.3 Å². The lowest BCUT2D eigenvalue weighted by molar-refractivity contribution is 0.360. The molecule has 0 radical (unpaired) electrons. The summed E-state index contributed by atoms with van der Waals surface area (Å²) in [6.45, 7) is 13.0. The molecule has 29 heavy (non-hydrogen) atoms. The van der Waals surface area contributed by atoms with Crippen molar-refractivity contribution in [1.29, 1.82) is 0 Å². The van der Waals surface area contributed by atoms with E-state index in [1.807, 2.05) is 40.0 Å². The Hall–Kier alpha value is -2.76. The van der Waals surface area contributed by atoms with E-state index in [0.29, 0.717) is 0 Å². The van der Waals surface area contributed by atoms with Crippen LogP contribution in [-0.4, -0.2) is 33.8 Å². The first-order valence-electron chi connectivity index (χ1n) is 9.88. The fraction of sp³-hybridized carbons (Fsp3) is 0.478. The largest absolute Gasteiger partial charge is 0.497 e. The third-order valence-electron chi connectivity index (χ3n) is 4.97. The maximum absolute atomic E-state index is 5.68. The molecule has 0 N–H and O–H groups in total. The van der Waals surface area contributed by atoms with E-state index in [4.69, 9.17) is 19.7 Å². The molecule has 0 atom stereocenters. The van der Waals surface area contributed by atoms with Gasteiger partial charge in [-0.2, -0.15) is 10.2 Å². The average molecular weight is 397 g/mol. The number of methoxy groups -OCH3 is 2. The van der Waals surface area contributed by atoms with Crippen LogP contribution in [0.15, 0.2) is 42.7 Å². The van der Waals surface area contributed by atoms with Crippen LogP contribution < -0.4 is 9.47 Å². The van der Waals surface area contributed by atoms with Gasteiger partial charge in [-0.1, -0.05) is 41.5 Å². The van der Waals surface area contributed by atoms with Gasteiger partial charge in [0.05, 0.1) is 25.6 Å². The zero-order valence-corrected chi connectivity index (χ0v) is 18.7. The molecular formula is C23H32N4O2. The summed E-state index contributed by atoms with van der Waals surface area (Å²) in [5.41, 5.74) is 2.88. The fourth-order valence-electron chi connectivity index (χ4n) is 3.20. The standard InChI is InChI=1S/C23H32N4O2/c1-22(2,3)19-11-13-26(24-19)21(27-14-12-20(25-27)23(4,5)6)17-15-16(28-7)9-10-18(17)29-8/h9-15,21H,1-8H3. The summed E-state index contributed by atoms with van der Waals surface area (Å²) in [4.78, 5) is 0. The van der Waals surface area contributed by atoms with Crippen LogP contribution in [0.2, 0.25) is 0 Å². The molecule has 0 aliphatic rings. The molecule has 6 heteroatoms. The molecule has 0 amide bonds. The molecule has 0 aliphatic carbocycles. The summed E-state index contributed by atoms with van der Waals surface area (Å²) in [6, 6.07) is 9.93. The number of nitrogens with zero attached hydrogens (tertiary/aromatic N) is 4. The minimum atomic E-state index is -0.299. The normalized spacial score (nSPS) is 12.4. The lowest BCUT2D eigenvalue weighted by Crippen LogP contribution is -2.24. The topological polar surface area (TPSA) is 54.1 Å². The van der Waals surface area contributed by atoms with Gasteiger partial charge >= 0.3 is 0 Å². The van der Waals surface area contributed by atoms with E-state index in [1.54, 1.807) is 14.2 Å². The Bertz CT molecular complexity index is 921. The first-order valence-corrected chi connectivity index (χ1v) is 9.88.